The van der Waals surface area contributed by atoms with Crippen molar-refractivity contribution in [2.45, 2.75) is 18.9 Å². The van der Waals surface area contributed by atoms with E-state index in [1.165, 1.54) is 4.90 Å². The van der Waals surface area contributed by atoms with E-state index in [-0.39, 0.29) is 19.1 Å². The van der Waals surface area contributed by atoms with Gasteiger partial charge in [0.15, 0.2) is 0 Å². The maximum Gasteiger partial charge on any atom is 0.414 e. The predicted octanol–water partition coefficient (Wildman–Crippen LogP) is 1.88. The first-order chi connectivity index (χ1) is 8.18. The number of hydrogen-bond donors (Lipinski definition) is 1. The third-order valence-corrected chi connectivity index (χ3v) is 2.68. The summed E-state index contributed by atoms with van der Waals surface area (Å²) in [6.07, 6.45) is -0.00888. The summed E-state index contributed by atoms with van der Waals surface area (Å²) < 4.78 is 4.95. The molecule has 0 saturated carbocycles. The minimum absolute atomic E-state index is 0.0655. The van der Waals surface area contributed by atoms with Crippen LogP contribution >= 0.6 is 0 Å². The second kappa shape index (κ2) is 4.86. The SMILES string of the molecule is O=C(O)CC1CCOC(=O)N1c1ccccc1. The summed E-state index contributed by atoms with van der Waals surface area (Å²) in [5.41, 5.74) is 0.670. The van der Waals surface area contributed by atoms with Crippen LogP contribution in [0.15, 0.2) is 30.3 Å². The highest BCUT2D eigenvalue weighted by Gasteiger charge is 2.32. The van der Waals surface area contributed by atoms with Crippen molar-refractivity contribution in [1.29, 1.82) is 0 Å². The molecule has 1 amide bonds. The molecular formula is C12H13NO4. The summed E-state index contributed by atoms with van der Waals surface area (Å²) >= 11 is 0. The molecular weight excluding hydrogens is 222 g/mol. The van der Waals surface area contributed by atoms with Gasteiger partial charge in [-0.1, -0.05) is 18.2 Å². The molecule has 5 nitrogen and oxygen atoms in total. The molecule has 0 aromatic heterocycles. The fourth-order valence-corrected chi connectivity index (χ4v) is 1.93. The molecule has 90 valence electrons. The third kappa shape index (κ3) is 2.55. The molecule has 1 aliphatic heterocycles. The summed E-state index contributed by atoms with van der Waals surface area (Å²) in [6.45, 7) is 0.278. The second-order valence-electron chi connectivity index (χ2n) is 3.86. The van der Waals surface area contributed by atoms with Gasteiger partial charge in [0.05, 0.1) is 19.1 Å². The molecule has 1 N–H and O–H groups in total. The summed E-state index contributed by atoms with van der Waals surface area (Å²) in [5, 5.41) is 8.84. The topological polar surface area (TPSA) is 66.8 Å². The Morgan fingerprint density at radius 3 is 2.76 bits per heavy atom. The average molecular weight is 235 g/mol. The number of carboxylic acid groups (broad SMARTS) is 1. The molecule has 1 fully saturated rings. The average Bonchev–Trinajstić information content (AvgIpc) is 2.29. The van der Waals surface area contributed by atoms with Crippen molar-refractivity contribution in [2.24, 2.45) is 0 Å². The van der Waals surface area contributed by atoms with E-state index < -0.39 is 12.1 Å². The van der Waals surface area contributed by atoms with Crippen molar-refractivity contribution in [1.82, 2.24) is 0 Å². The molecule has 0 radical (unpaired) electrons. The predicted molar refractivity (Wildman–Crippen MR) is 60.9 cm³/mol. The highest BCUT2D eigenvalue weighted by atomic mass is 16.6. The van der Waals surface area contributed by atoms with Crippen LogP contribution < -0.4 is 4.90 Å². The van der Waals surface area contributed by atoms with Gasteiger partial charge >= 0.3 is 12.1 Å². The first-order valence-electron chi connectivity index (χ1n) is 5.41. The van der Waals surface area contributed by atoms with Crippen molar-refractivity contribution in [3.05, 3.63) is 30.3 Å². The lowest BCUT2D eigenvalue weighted by atomic mass is 10.1. The summed E-state index contributed by atoms with van der Waals surface area (Å²) in [7, 11) is 0. The molecule has 1 aromatic carbocycles. The standard InChI is InChI=1S/C12H13NO4/c14-11(15)8-10-6-7-17-12(16)13(10)9-4-2-1-3-5-9/h1-5,10H,6-8H2,(H,14,15). The van der Waals surface area contributed by atoms with Crippen LogP contribution in [-0.2, 0) is 9.53 Å². The van der Waals surface area contributed by atoms with Crippen LogP contribution in [0.2, 0.25) is 0 Å². The summed E-state index contributed by atoms with van der Waals surface area (Å²) in [4.78, 5) is 23.9. The van der Waals surface area contributed by atoms with E-state index in [0.717, 1.165) is 0 Å². The molecule has 0 bridgehead atoms. The maximum atomic E-state index is 11.7. The van der Waals surface area contributed by atoms with Gasteiger partial charge in [0.1, 0.15) is 0 Å². The maximum absolute atomic E-state index is 11.7. The summed E-state index contributed by atoms with van der Waals surface area (Å²) in [6, 6.07) is 8.63. The van der Waals surface area contributed by atoms with E-state index in [2.05, 4.69) is 0 Å². The Balaban J connectivity index is 2.25. The zero-order valence-electron chi connectivity index (χ0n) is 9.20. The largest absolute Gasteiger partial charge is 0.481 e. The number of ether oxygens (including phenoxy) is 1. The Kier molecular flexibility index (Phi) is 3.27. The number of rotatable bonds is 3. The van der Waals surface area contributed by atoms with Crippen LogP contribution in [0, 0.1) is 0 Å². The first-order valence-corrected chi connectivity index (χ1v) is 5.41. The number of cyclic esters (lactones) is 1. The van der Waals surface area contributed by atoms with Gasteiger partial charge in [-0.15, -0.1) is 0 Å². The van der Waals surface area contributed by atoms with E-state index in [1.807, 2.05) is 6.07 Å². The van der Waals surface area contributed by atoms with Gasteiger partial charge in [0, 0.05) is 12.1 Å². The molecule has 5 heteroatoms. The number of anilines is 1. The van der Waals surface area contributed by atoms with Gasteiger partial charge in [0.25, 0.3) is 0 Å². The Morgan fingerprint density at radius 1 is 1.41 bits per heavy atom. The normalized spacial score (nSPS) is 19.9. The molecule has 1 aromatic rings. The lowest BCUT2D eigenvalue weighted by Crippen LogP contribution is -2.46. The number of aliphatic carboxylic acids is 1. The smallest absolute Gasteiger partial charge is 0.414 e. The van der Waals surface area contributed by atoms with Crippen LogP contribution in [0.4, 0.5) is 10.5 Å². The van der Waals surface area contributed by atoms with Crippen molar-refractivity contribution in [3.8, 4) is 0 Å². The number of carbonyl (C=O) groups is 2. The van der Waals surface area contributed by atoms with Gasteiger partial charge in [-0.25, -0.2) is 4.79 Å². The minimum Gasteiger partial charge on any atom is -0.481 e. The number of carboxylic acids is 1. The van der Waals surface area contributed by atoms with E-state index in [0.29, 0.717) is 12.1 Å². The highest BCUT2D eigenvalue weighted by molar-refractivity contribution is 5.89. The Labute approximate surface area is 98.6 Å². The number of para-hydroxylation sites is 1. The number of nitrogens with zero attached hydrogens (tertiary/aromatic N) is 1. The van der Waals surface area contributed by atoms with E-state index in [1.54, 1.807) is 24.3 Å². The van der Waals surface area contributed by atoms with Crippen molar-refractivity contribution >= 4 is 17.7 Å². The molecule has 1 unspecified atom stereocenters. The molecule has 2 rings (SSSR count). The van der Waals surface area contributed by atoms with Gasteiger partial charge < -0.3 is 9.84 Å². The lowest BCUT2D eigenvalue weighted by Gasteiger charge is -2.34. The number of benzene rings is 1. The van der Waals surface area contributed by atoms with Crippen LogP contribution in [0.3, 0.4) is 0 Å². The van der Waals surface area contributed by atoms with Gasteiger partial charge in [0.2, 0.25) is 0 Å². The molecule has 1 atom stereocenters. The lowest BCUT2D eigenvalue weighted by molar-refractivity contribution is -0.137. The molecule has 1 heterocycles. The van der Waals surface area contributed by atoms with Crippen LogP contribution in [0.5, 0.6) is 0 Å². The molecule has 1 aliphatic rings. The van der Waals surface area contributed by atoms with Crippen molar-refractivity contribution < 1.29 is 19.4 Å². The zero-order valence-corrected chi connectivity index (χ0v) is 9.20. The molecule has 1 saturated heterocycles. The van der Waals surface area contributed by atoms with E-state index in [9.17, 15) is 9.59 Å². The van der Waals surface area contributed by atoms with Crippen LogP contribution in [0.25, 0.3) is 0 Å². The Morgan fingerprint density at radius 2 is 2.12 bits per heavy atom. The fraction of sp³-hybridized carbons (Fsp3) is 0.333. The van der Waals surface area contributed by atoms with Gasteiger partial charge in [-0.3, -0.25) is 9.69 Å². The van der Waals surface area contributed by atoms with E-state index in [4.69, 9.17) is 9.84 Å². The van der Waals surface area contributed by atoms with Crippen LogP contribution in [-0.4, -0.2) is 29.8 Å². The minimum atomic E-state index is -0.911. The van der Waals surface area contributed by atoms with Gasteiger partial charge in [-0.05, 0) is 12.1 Å². The quantitative estimate of drug-likeness (QED) is 0.868. The third-order valence-electron chi connectivity index (χ3n) is 2.68. The highest BCUT2D eigenvalue weighted by Crippen LogP contribution is 2.24. The number of amides is 1. The second-order valence-corrected chi connectivity index (χ2v) is 3.86. The van der Waals surface area contributed by atoms with E-state index >= 15 is 0 Å². The molecule has 0 spiro atoms. The number of hydrogen-bond acceptors (Lipinski definition) is 3. The monoisotopic (exact) mass is 235 g/mol. The van der Waals surface area contributed by atoms with Crippen molar-refractivity contribution in [2.75, 3.05) is 11.5 Å². The molecule has 17 heavy (non-hydrogen) atoms. The zero-order chi connectivity index (χ0) is 12.3. The number of carbonyl (C=O) groups excluding carboxylic acids is 1. The first kappa shape index (κ1) is 11.4. The van der Waals surface area contributed by atoms with Crippen molar-refractivity contribution in [3.63, 3.8) is 0 Å². The summed E-state index contributed by atoms with van der Waals surface area (Å²) in [5.74, 6) is -0.911. The fourth-order valence-electron chi connectivity index (χ4n) is 1.93. The van der Waals surface area contributed by atoms with Gasteiger partial charge in [-0.2, -0.15) is 0 Å². The molecule has 0 aliphatic carbocycles. The van der Waals surface area contributed by atoms with Crippen LogP contribution in [0.1, 0.15) is 12.8 Å². The Hall–Kier alpha value is -2.04. The Bertz CT molecular complexity index is 418.